The lowest BCUT2D eigenvalue weighted by Gasteiger charge is -2.37. The summed E-state index contributed by atoms with van der Waals surface area (Å²) in [6.07, 6.45) is 5.57. The van der Waals surface area contributed by atoms with Crippen LogP contribution in [0.5, 0.6) is 5.75 Å². The van der Waals surface area contributed by atoms with E-state index in [1.807, 2.05) is 11.8 Å². The van der Waals surface area contributed by atoms with Gasteiger partial charge in [-0.1, -0.05) is 30.9 Å². The molecule has 5 nitrogen and oxygen atoms in total. The maximum Gasteiger partial charge on any atom is 0.257 e. The Kier molecular flexibility index (Phi) is 5.07. The van der Waals surface area contributed by atoms with Gasteiger partial charge in [0.2, 0.25) is 5.91 Å². The molecule has 2 fully saturated rings. The zero-order valence-corrected chi connectivity index (χ0v) is 14.3. The average Bonchev–Trinajstić information content (AvgIpc) is 2.63. The molecule has 1 heterocycles. The number of aromatic hydroxyl groups is 1. The van der Waals surface area contributed by atoms with Crippen LogP contribution in [-0.2, 0) is 4.79 Å². The molecule has 0 bridgehead atoms. The standard InChI is InChI=1S/C19H26N2O3/c1-14-7-8-17(22)16(13-14)19(24)21-11-9-20(10-12-21)18(23)15-5-3-2-4-6-15/h7-8,13,15,22H,2-6,9-12H2,1H3. The number of phenols is 1. The molecular formula is C19H26N2O3. The molecule has 1 N–H and O–H groups in total. The van der Waals surface area contributed by atoms with Crippen molar-refractivity contribution in [2.45, 2.75) is 39.0 Å². The quantitative estimate of drug-likeness (QED) is 0.906. The summed E-state index contributed by atoms with van der Waals surface area (Å²) in [5.41, 5.74) is 1.30. The number of piperazine rings is 1. The summed E-state index contributed by atoms with van der Waals surface area (Å²) in [4.78, 5) is 28.8. The minimum absolute atomic E-state index is 0.0197. The number of benzene rings is 1. The van der Waals surface area contributed by atoms with Crippen LogP contribution in [0.4, 0.5) is 0 Å². The summed E-state index contributed by atoms with van der Waals surface area (Å²) >= 11 is 0. The highest BCUT2D eigenvalue weighted by molar-refractivity contribution is 5.97. The topological polar surface area (TPSA) is 60.9 Å². The third kappa shape index (κ3) is 3.55. The van der Waals surface area contributed by atoms with Crippen LogP contribution in [0.3, 0.4) is 0 Å². The average molecular weight is 330 g/mol. The van der Waals surface area contributed by atoms with Crippen molar-refractivity contribution in [1.29, 1.82) is 0 Å². The summed E-state index contributed by atoms with van der Waals surface area (Å²) in [6.45, 7) is 4.15. The van der Waals surface area contributed by atoms with E-state index in [4.69, 9.17) is 0 Å². The van der Waals surface area contributed by atoms with Crippen LogP contribution in [0.15, 0.2) is 18.2 Å². The van der Waals surface area contributed by atoms with Gasteiger partial charge >= 0.3 is 0 Å². The van der Waals surface area contributed by atoms with E-state index in [2.05, 4.69) is 0 Å². The normalized spacial score (nSPS) is 19.4. The highest BCUT2D eigenvalue weighted by atomic mass is 16.3. The number of hydrogen-bond acceptors (Lipinski definition) is 3. The van der Waals surface area contributed by atoms with E-state index >= 15 is 0 Å². The molecule has 0 unspecified atom stereocenters. The summed E-state index contributed by atoms with van der Waals surface area (Å²) in [6, 6.07) is 5.07. The number of phenolic OH excluding ortho intramolecular Hbond substituents is 1. The minimum Gasteiger partial charge on any atom is -0.507 e. The second-order valence-corrected chi connectivity index (χ2v) is 6.97. The first-order chi connectivity index (χ1) is 11.6. The van der Waals surface area contributed by atoms with Gasteiger partial charge in [0.25, 0.3) is 5.91 Å². The van der Waals surface area contributed by atoms with E-state index in [-0.39, 0.29) is 23.5 Å². The smallest absolute Gasteiger partial charge is 0.257 e. The molecule has 1 saturated heterocycles. The molecule has 1 aromatic rings. The predicted octanol–water partition coefficient (Wildman–Crippen LogP) is 2.57. The van der Waals surface area contributed by atoms with Crippen molar-refractivity contribution in [1.82, 2.24) is 9.80 Å². The highest BCUT2D eigenvalue weighted by Crippen LogP contribution is 2.26. The van der Waals surface area contributed by atoms with Crippen LogP contribution in [0.25, 0.3) is 0 Å². The Morgan fingerprint density at radius 3 is 2.29 bits per heavy atom. The Labute approximate surface area is 143 Å². The van der Waals surface area contributed by atoms with Crippen LogP contribution in [0.1, 0.15) is 48.0 Å². The van der Waals surface area contributed by atoms with Crippen LogP contribution in [0, 0.1) is 12.8 Å². The molecule has 24 heavy (non-hydrogen) atoms. The molecule has 5 heteroatoms. The maximum atomic E-state index is 12.6. The van der Waals surface area contributed by atoms with E-state index in [0.29, 0.717) is 31.7 Å². The SMILES string of the molecule is Cc1ccc(O)c(C(=O)N2CCN(C(=O)C3CCCCC3)CC2)c1. The summed E-state index contributed by atoms with van der Waals surface area (Å²) in [7, 11) is 0. The molecule has 1 aliphatic carbocycles. The molecule has 2 amide bonds. The van der Waals surface area contributed by atoms with Crippen molar-refractivity contribution in [3.05, 3.63) is 29.3 Å². The number of hydrogen-bond donors (Lipinski definition) is 1. The third-order valence-electron chi connectivity index (χ3n) is 5.22. The summed E-state index contributed by atoms with van der Waals surface area (Å²) in [5, 5.41) is 9.93. The first-order valence-corrected chi connectivity index (χ1v) is 8.94. The van der Waals surface area contributed by atoms with Gasteiger partial charge in [0.05, 0.1) is 5.56 Å². The lowest BCUT2D eigenvalue weighted by Crippen LogP contribution is -2.52. The number of carbonyl (C=O) groups excluding carboxylic acids is 2. The van der Waals surface area contributed by atoms with Gasteiger partial charge in [-0.15, -0.1) is 0 Å². The summed E-state index contributed by atoms with van der Waals surface area (Å²) < 4.78 is 0. The lowest BCUT2D eigenvalue weighted by atomic mass is 9.88. The Bertz CT molecular complexity index is 615. The molecule has 0 radical (unpaired) electrons. The van der Waals surface area contributed by atoms with Gasteiger partial charge in [0.1, 0.15) is 5.75 Å². The molecule has 2 aliphatic rings. The first-order valence-electron chi connectivity index (χ1n) is 8.94. The Balaban J connectivity index is 1.59. The van der Waals surface area contributed by atoms with Crippen molar-refractivity contribution in [2.24, 2.45) is 5.92 Å². The van der Waals surface area contributed by atoms with Crippen LogP contribution in [-0.4, -0.2) is 52.9 Å². The molecular weight excluding hydrogens is 304 g/mol. The fraction of sp³-hybridized carbons (Fsp3) is 0.579. The molecule has 1 aromatic carbocycles. The first kappa shape index (κ1) is 16.8. The van der Waals surface area contributed by atoms with Gasteiger partial charge < -0.3 is 14.9 Å². The zero-order valence-electron chi connectivity index (χ0n) is 14.3. The zero-order chi connectivity index (χ0) is 17.1. The number of aryl methyl sites for hydroxylation is 1. The molecule has 130 valence electrons. The Morgan fingerprint density at radius 1 is 1.00 bits per heavy atom. The molecule has 0 aromatic heterocycles. The van der Waals surface area contributed by atoms with Crippen molar-refractivity contribution in [2.75, 3.05) is 26.2 Å². The molecule has 1 aliphatic heterocycles. The lowest BCUT2D eigenvalue weighted by molar-refractivity contribution is -0.138. The van der Waals surface area contributed by atoms with Gasteiger partial charge in [-0.2, -0.15) is 0 Å². The van der Waals surface area contributed by atoms with Crippen LogP contribution >= 0.6 is 0 Å². The van der Waals surface area contributed by atoms with E-state index < -0.39 is 0 Å². The van der Waals surface area contributed by atoms with Gasteiger partial charge in [-0.3, -0.25) is 9.59 Å². The molecule has 3 rings (SSSR count). The molecule has 0 atom stereocenters. The number of rotatable bonds is 2. The highest BCUT2D eigenvalue weighted by Gasteiger charge is 2.30. The van der Waals surface area contributed by atoms with Gasteiger partial charge in [0, 0.05) is 32.1 Å². The second-order valence-electron chi connectivity index (χ2n) is 6.97. The van der Waals surface area contributed by atoms with E-state index in [9.17, 15) is 14.7 Å². The van der Waals surface area contributed by atoms with Crippen molar-refractivity contribution >= 4 is 11.8 Å². The number of carbonyl (C=O) groups is 2. The predicted molar refractivity (Wildman–Crippen MR) is 91.9 cm³/mol. The van der Waals surface area contributed by atoms with Crippen LogP contribution < -0.4 is 0 Å². The Hall–Kier alpha value is -2.04. The second kappa shape index (κ2) is 7.24. The van der Waals surface area contributed by atoms with E-state index in [1.54, 1.807) is 23.1 Å². The van der Waals surface area contributed by atoms with E-state index in [0.717, 1.165) is 31.2 Å². The fourth-order valence-electron chi connectivity index (χ4n) is 3.73. The maximum absolute atomic E-state index is 12.6. The number of amides is 2. The fourth-order valence-corrected chi connectivity index (χ4v) is 3.73. The van der Waals surface area contributed by atoms with Gasteiger partial charge in [-0.05, 0) is 31.9 Å². The van der Waals surface area contributed by atoms with E-state index in [1.165, 1.54) is 6.42 Å². The minimum atomic E-state index is -0.152. The molecule has 0 spiro atoms. The van der Waals surface area contributed by atoms with Crippen molar-refractivity contribution < 1.29 is 14.7 Å². The third-order valence-corrected chi connectivity index (χ3v) is 5.22. The monoisotopic (exact) mass is 330 g/mol. The van der Waals surface area contributed by atoms with Crippen molar-refractivity contribution in [3.63, 3.8) is 0 Å². The summed E-state index contributed by atoms with van der Waals surface area (Å²) in [5.74, 6) is 0.314. The van der Waals surface area contributed by atoms with Crippen LogP contribution in [0.2, 0.25) is 0 Å². The van der Waals surface area contributed by atoms with Gasteiger partial charge in [0.15, 0.2) is 0 Å². The largest absolute Gasteiger partial charge is 0.507 e. The number of nitrogens with zero attached hydrogens (tertiary/aromatic N) is 2. The molecule has 1 saturated carbocycles. The Morgan fingerprint density at radius 2 is 1.62 bits per heavy atom. The van der Waals surface area contributed by atoms with Gasteiger partial charge in [-0.25, -0.2) is 0 Å². The van der Waals surface area contributed by atoms with Crippen molar-refractivity contribution in [3.8, 4) is 5.75 Å².